The van der Waals surface area contributed by atoms with Crippen molar-refractivity contribution in [2.75, 3.05) is 12.3 Å². The summed E-state index contributed by atoms with van der Waals surface area (Å²) >= 11 is 1.33. The van der Waals surface area contributed by atoms with Crippen LogP contribution in [0.1, 0.15) is 17.5 Å². The third-order valence-electron chi connectivity index (χ3n) is 4.04. The van der Waals surface area contributed by atoms with E-state index in [2.05, 4.69) is 64.8 Å². The van der Waals surface area contributed by atoms with Crippen LogP contribution in [0.4, 0.5) is 5.13 Å². The van der Waals surface area contributed by atoms with Crippen LogP contribution in [-0.4, -0.2) is 16.8 Å². The molecule has 0 saturated carbocycles. The Labute approximate surface area is 149 Å². The Kier molecular flexibility index (Phi) is 4.07. The Hall–Kier alpha value is -2.92. The smallest absolute Gasteiger partial charge is 0.203 e. The van der Waals surface area contributed by atoms with E-state index in [9.17, 15) is 0 Å². The van der Waals surface area contributed by atoms with Crippen molar-refractivity contribution in [2.45, 2.75) is 6.92 Å². The quantitative estimate of drug-likeness (QED) is 0.418. The number of anilines is 1. The summed E-state index contributed by atoms with van der Waals surface area (Å²) in [5.74, 6) is 0.693. The number of nitrogen functional groups attached to an aromatic ring is 1. The maximum Gasteiger partial charge on any atom is 0.203 e. The topological polar surface area (TPSA) is 61.0 Å². The van der Waals surface area contributed by atoms with E-state index in [1.165, 1.54) is 32.9 Å². The molecule has 25 heavy (non-hydrogen) atoms. The Balaban J connectivity index is 2.02. The summed E-state index contributed by atoms with van der Waals surface area (Å²) in [4.78, 5) is 0. The van der Waals surface area contributed by atoms with Crippen molar-refractivity contribution in [3.05, 3.63) is 65.2 Å². The van der Waals surface area contributed by atoms with E-state index >= 15 is 0 Å². The minimum absolute atomic E-state index is 0.434. The SMILES string of the molecule is CCO/C(=C\c1c2ccccc2cc2ccccc12)c1nnc(N)s1. The highest BCUT2D eigenvalue weighted by atomic mass is 32.1. The lowest BCUT2D eigenvalue weighted by Crippen LogP contribution is -1.93. The van der Waals surface area contributed by atoms with Gasteiger partial charge in [0.25, 0.3) is 0 Å². The minimum atomic E-state index is 0.434. The van der Waals surface area contributed by atoms with E-state index in [0.29, 0.717) is 22.5 Å². The van der Waals surface area contributed by atoms with Gasteiger partial charge in [-0.25, -0.2) is 0 Å². The number of ether oxygens (including phenoxy) is 1. The van der Waals surface area contributed by atoms with Crippen LogP contribution >= 0.6 is 11.3 Å². The molecule has 4 nitrogen and oxygen atoms in total. The van der Waals surface area contributed by atoms with E-state index in [4.69, 9.17) is 10.5 Å². The molecule has 0 unspecified atom stereocenters. The molecule has 1 heterocycles. The second-order valence-electron chi connectivity index (χ2n) is 5.62. The van der Waals surface area contributed by atoms with E-state index in [-0.39, 0.29) is 0 Å². The molecule has 2 N–H and O–H groups in total. The first-order valence-corrected chi connectivity index (χ1v) is 8.92. The fraction of sp³-hybridized carbons (Fsp3) is 0.100. The first kappa shape index (κ1) is 15.6. The third-order valence-corrected chi connectivity index (χ3v) is 4.81. The predicted octanol–water partition coefficient (Wildman–Crippen LogP) is 4.96. The van der Waals surface area contributed by atoms with Gasteiger partial charge in [0.15, 0.2) is 10.8 Å². The van der Waals surface area contributed by atoms with Crippen LogP contribution in [0, 0.1) is 0 Å². The van der Waals surface area contributed by atoms with Gasteiger partial charge in [-0.15, -0.1) is 10.2 Å². The third kappa shape index (κ3) is 2.94. The Morgan fingerprint density at radius 2 is 1.68 bits per heavy atom. The van der Waals surface area contributed by atoms with Gasteiger partial charge in [0.1, 0.15) is 0 Å². The summed E-state index contributed by atoms with van der Waals surface area (Å²) in [5, 5.41) is 13.9. The lowest BCUT2D eigenvalue weighted by Gasteiger charge is -2.11. The number of nitrogens with two attached hydrogens (primary N) is 1. The first-order chi connectivity index (χ1) is 12.3. The number of hydrogen-bond acceptors (Lipinski definition) is 5. The largest absolute Gasteiger partial charge is 0.491 e. The van der Waals surface area contributed by atoms with Gasteiger partial charge in [-0.1, -0.05) is 59.9 Å². The molecule has 0 spiro atoms. The maximum absolute atomic E-state index is 5.86. The van der Waals surface area contributed by atoms with Crippen molar-refractivity contribution in [3.63, 3.8) is 0 Å². The van der Waals surface area contributed by atoms with Crippen LogP contribution in [0.15, 0.2) is 54.6 Å². The predicted molar refractivity (Wildman–Crippen MR) is 105 cm³/mol. The lowest BCUT2D eigenvalue weighted by atomic mass is 9.96. The second-order valence-corrected chi connectivity index (χ2v) is 6.63. The van der Waals surface area contributed by atoms with Crippen molar-refractivity contribution >= 4 is 49.8 Å². The van der Waals surface area contributed by atoms with Crippen LogP contribution < -0.4 is 5.73 Å². The van der Waals surface area contributed by atoms with Crippen molar-refractivity contribution in [1.82, 2.24) is 10.2 Å². The highest BCUT2D eigenvalue weighted by Crippen LogP contribution is 2.32. The first-order valence-electron chi connectivity index (χ1n) is 8.10. The molecule has 0 aliphatic heterocycles. The van der Waals surface area contributed by atoms with Gasteiger partial charge in [0, 0.05) is 0 Å². The number of benzene rings is 3. The number of hydrogen-bond donors (Lipinski definition) is 1. The van der Waals surface area contributed by atoms with E-state index in [1.807, 2.05) is 13.0 Å². The van der Waals surface area contributed by atoms with Crippen LogP contribution in [-0.2, 0) is 4.74 Å². The molecule has 3 aromatic carbocycles. The van der Waals surface area contributed by atoms with E-state index < -0.39 is 0 Å². The molecule has 0 fully saturated rings. The summed E-state index contributed by atoms with van der Waals surface area (Å²) in [6, 6.07) is 18.9. The zero-order chi connectivity index (χ0) is 17.2. The molecule has 0 aliphatic carbocycles. The van der Waals surface area contributed by atoms with Crippen molar-refractivity contribution in [2.24, 2.45) is 0 Å². The summed E-state index contributed by atoms with van der Waals surface area (Å²) < 4.78 is 5.86. The average molecular weight is 347 g/mol. The van der Waals surface area contributed by atoms with Gasteiger partial charge in [-0.05, 0) is 46.2 Å². The van der Waals surface area contributed by atoms with Crippen LogP contribution in [0.25, 0.3) is 33.4 Å². The van der Waals surface area contributed by atoms with Crippen molar-refractivity contribution in [3.8, 4) is 0 Å². The lowest BCUT2D eigenvalue weighted by molar-refractivity contribution is 0.300. The second kappa shape index (κ2) is 6.53. The number of nitrogens with zero attached hydrogens (tertiary/aromatic N) is 2. The fourth-order valence-corrected chi connectivity index (χ4v) is 3.57. The summed E-state index contributed by atoms with van der Waals surface area (Å²) in [7, 11) is 0. The average Bonchev–Trinajstić information content (AvgIpc) is 3.07. The van der Waals surface area contributed by atoms with Crippen LogP contribution in [0.3, 0.4) is 0 Å². The summed E-state index contributed by atoms with van der Waals surface area (Å²) in [5.41, 5.74) is 6.87. The Morgan fingerprint density at radius 3 is 2.24 bits per heavy atom. The van der Waals surface area contributed by atoms with Crippen molar-refractivity contribution in [1.29, 1.82) is 0 Å². The molecule has 5 heteroatoms. The molecule has 0 bridgehead atoms. The summed E-state index contributed by atoms with van der Waals surface area (Å²) in [6.45, 7) is 2.51. The fourth-order valence-electron chi connectivity index (χ4n) is 2.99. The van der Waals surface area contributed by atoms with Gasteiger partial charge >= 0.3 is 0 Å². The Bertz CT molecular complexity index is 1030. The zero-order valence-corrected chi connectivity index (χ0v) is 14.6. The number of fused-ring (bicyclic) bond motifs is 2. The molecule has 0 saturated heterocycles. The van der Waals surface area contributed by atoms with Crippen LogP contribution in [0.5, 0.6) is 0 Å². The van der Waals surface area contributed by atoms with Gasteiger partial charge in [-0.2, -0.15) is 0 Å². The van der Waals surface area contributed by atoms with Crippen LogP contribution in [0.2, 0.25) is 0 Å². The highest BCUT2D eigenvalue weighted by Gasteiger charge is 2.12. The molecule has 0 aliphatic rings. The maximum atomic E-state index is 5.86. The molecule has 0 atom stereocenters. The highest BCUT2D eigenvalue weighted by molar-refractivity contribution is 7.16. The molecule has 1 aromatic heterocycles. The Morgan fingerprint density at radius 1 is 1.04 bits per heavy atom. The van der Waals surface area contributed by atoms with E-state index in [1.54, 1.807) is 0 Å². The number of aromatic nitrogens is 2. The van der Waals surface area contributed by atoms with Gasteiger partial charge in [-0.3, -0.25) is 0 Å². The molecule has 4 aromatic rings. The summed E-state index contributed by atoms with van der Waals surface area (Å²) in [6.07, 6.45) is 2.05. The van der Waals surface area contributed by atoms with Gasteiger partial charge in [0.2, 0.25) is 5.13 Å². The number of rotatable bonds is 4. The van der Waals surface area contributed by atoms with E-state index in [0.717, 1.165) is 5.56 Å². The van der Waals surface area contributed by atoms with Crippen molar-refractivity contribution < 1.29 is 4.74 Å². The normalized spacial score (nSPS) is 12.0. The van der Waals surface area contributed by atoms with Gasteiger partial charge < -0.3 is 10.5 Å². The minimum Gasteiger partial charge on any atom is -0.491 e. The zero-order valence-electron chi connectivity index (χ0n) is 13.8. The monoisotopic (exact) mass is 347 g/mol. The molecule has 0 amide bonds. The molecule has 0 radical (unpaired) electrons. The molecule has 4 rings (SSSR count). The van der Waals surface area contributed by atoms with Gasteiger partial charge in [0.05, 0.1) is 6.61 Å². The standard InChI is InChI=1S/C20H17N3OS/c1-2-24-18(19-22-23-20(21)25-19)12-17-15-9-5-3-7-13(15)11-14-8-4-6-10-16(14)17/h3-12H,2H2,1H3,(H2,21,23)/b18-12-. The molecule has 124 valence electrons. The molecular formula is C20H17N3OS. The molecular weight excluding hydrogens is 330 g/mol.